The van der Waals surface area contributed by atoms with Gasteiger partial charge in [-0.2, -0.15) is 0 Å². The fourth-order valence-electron chi connectivity index (χ4n) is 2.43. The van der Waals surface area contributed by atoms with Crippen molar-refractivity contribution in [3.05, 3.63) is 64.2 Å². The number of rotatable bonds is 4. The van der Waals surface area contributed by atoms with E-state index >= 15 is 0 Å². The number of carbonyl (C=O) groups is 1. The summed E-state index contributed by atoms with van der Waals surface area (Å²) in [4.78, 5) is 22.6. The number of fused-ring (bicyclic) bond motifs is 1. The molecule has 3 rings (SSSR count). The van der Waals surface area contributed by atoms with Gasteiger partial charge in [-0.05, 0) is 25.1 Å². The molecule has 0 fully saturated rings. The molecule has 0 spiro atoms. The lowest BCUT2D eigenvalue weighted by Gasteiger charge is -2.30. The molecule has 7 nitrogen and oxygen atoms in total. The van der Waals surface area contributed by atoms with E-state index in [2.05, 4.69) is 5.32 Å². The first kappa shape index (κ1) is 15.8. The number of nitro benzene ring substituents is 1. The van der Waals surface area contributed by atoms with Crippen molar-refractivity contribution in [3.8, 4) is 11.5 Å². The average Bonchev–Trinajstić information content (AvgIpc) is 2.61. The first-order chi connectivity index (χ1) is 11.5. The fraction of sp³-hybridized carbons (Fsp3) is 0.235. The number of amides is 1. The number of nitrogens with one attached hydrogen (secondary N) is 1. The van der Waals surface area contributed by atoms with E-state index in [4.69, 9.17) is 9.47 Å². The molecule has 1 aliphatic rings. The van der Waals surface area contributed by atoms with Crippen molar-refractivity contribution in [1.82, 2.24) is 5.32 Å². The van der Waals surface area contributed by atoms with Crippen molar-refractivity contribution in [2.75, 3.05) is 6.61 Å². The number of carbonyl (C=O) groups excluding carboxylic acids is 1. The van der Waals surface area contributed by atoms with Crippen LogP contribution in [0.2, 0.25) is 0 Å². The van der Waals surface area contributed by atoms with Gasteiger partial charge in [0.1, 0.15) is 6.61 Å². The molecule has 1 aliphatic heterocycles. The van der Waals surface area contributed by atoms with E-state index in [1.165, 1.54) is 24.3 Å². The summed E-state index contributed by atoms with van der Waals surface area (Å²) >= 11 is 0. The molecule has 1 heterocycles. The third kappa shape index (κ3) is 3.29. The Morgan fingerprint density at radius 1 is 1.25 bits per heavy atom. The highest BCUT2D eigenvalue weighted by Crippen LogP contribution is 2.31. The van der Waals surface area contributed by atoms with Crippen LogP contribution in [0.5, 0.6) is 11.5 Å². The Hall–Kier alpha value is -3.09. The van der Waals surface area contributed by atoms with Crippen molar-refractivity contribution in [2.24, 2.45) is 0 Å². The Balaban J connectivity index is 1.67. The summed E-state index contributed by atoms with van der Waals surface area (Å²) in [5.41, 5.74) is 0.106. The van der Waals surface area contributed by atoms with Crippen LogP contribution in [0.3, 0.4) is 0 Å². The second-order valence-corrected chi connectivity index (χ2v) is 5.48. The van der Waals surface area contributed by atoms with Gasteiger partial charge in [-0.1, -0.05) is 18.2 Å². The smallest absolute Gasteiger partial charge is 0.270 e. The molecule has 2 aromatic carbocycles. The Morgan fingerprint density at radius 3 is 2.75 bits per heavy atom. The van der Waals surface area contributed by atoms with E-state index in [1.54, 1.807) is 13.0 Å². The zero-order valence-electron chi connectivity index (χ0n) is 13.0. The number of para-hydroxylation sites is 2. The molecule has 0 saturated carbocycles. The Bertz CT molecular complexity index is 777. The largest absolute Gasteiger partial charge is 0.486 e. The van der Waals surface area contributed by atoms with Crippen LogP contribution in [0.1, 0.15) is 17.3 Å². The lowest BCUT2D eigenvalue weighted by atomic mass is 10.1. The number of hydrogen-bond donors (Lipinski definition) is 1. The highest BCUT2D eigenvalue weighted by molar-refractivity contribution is 5.95. The van der Waals surface area contributed by atoms with E-state index in [-0.39, 0.29) is 23.4 Å². The molecule has 2 aromatic rings. The summed E-state index contributed by atoms with van der Waals surface area (Å²) < 4.78 is 11.5. The molecule has 1 amide bonds. The Morgan fingerprint density at radius 2 is 2.00 bits per heavy atom. The van der Waals surface area contributed by atoms with Crippen LogP contribution in [0.15, 0.2) is 48.5 Å². The monoisotopic (exact) mass is 328 g/mol. The summed E-state index contributed by atoms with van der Waals surface area (Å²) in [5, 5.41) is 13.6. The van der Waals surface area contributed by atoms with Gasteiger partial charge in [0.2, 0.25) is 0 Å². The molecule has 2 atom stereocenters. The maximum atomic E-state index is 12.3. The predicted octanol–water partition coefficient (Wildman–Crippen LogP) is 2.55. The summed E-state index contributed by atoms with van der Waals surface area (Å²) in [6.45, 7) is 2.12. The summed E-state index contributed by atoms with van der Waals surface area (Å²) in [7, 11) is 0. The van der Waals surface area contributed by atoms with E-state index in [1.807, 2.05) is 18.2 Å². The van der Waals surface area contributed by atoms with E-state index in [9.17, 15) is 14.9 Å². The van der Waals surface area contributed by atoms with E-state index < -0.39 is 10.8 Å². The number of benzene rings is 2. The predicted molar refractivity (Wildman–Crippen MR) is 86.4 cm³/mol. The first-order valence-electron chi connectivity index (χ1n) is 7.48. The minimum atomic E-state index is -0.533. The van der Waals surface area contributed by atoms with Crippen molar-refractivity contribution in [1.29, 1.82) is 0 Å². The van der Waals surface area contributed by atoms with Gasteiger partial charge >= 0.3 is 0 Å². The first-order valence-corrected chi connectivity index (χ1v) is 7.48. The molecule has 0 aromatic heterocycles. The number of ether oxygens (including phenoxy) is 2. The van der Waals surface area contributed by atoms with Crippen LogP contribution >= 0.6 is 0 Å². The maximum absolute atomic E-state index is 12.3. The van der Waals surface area contributed by atoms with Crippen LogP contribution in [-0.4, -0.2) is 29.6 Å². The van der Waals surface area contributed by atoms with Gasteiger partial charge in [0.05, 0.1) is 11.0 Å². The SMILES string of the molecule is C[C@H](NC(=O)c1cccc([N+](=O)[O-])c1)[C@H]1COc2ccccc2O1. The average molecular weight is 328 g/mol. The maximum Gasteiger partial charge on any atom is 0.270 e. The summed E-state index contributed by atoms with van der Waals surface area (Å²) in [6.07, 6.45) is -0.345. The van der Waals surface area contributed by atoms with Crippen LogP contribution in [0.4, 0.5) is 5.69 Å². The third-order valence-corrected chi connectivity index (χ3v) is 3.77. The van der Waals surface area contributed by atoms with E-state index in [0.29, 0.717) is 18.1 Å². The summed E-state index contributed by atoms with van der Waals surface area (Å²) in [5.74, 6) is 0.907. The Labute approximate surface area is 138 Å². The molecule has 0 radical (unpaired) electrons. The molecular weight excluding hydrogens is 312 g/mol. The van der Waals surface area contributed by atoms with Crippen molar-refractivity contribution >= 4 is 11.6 Å². The lowest BCUT2D eigenvalue weighted by molar-refractivity contribution is -0.384. The van der Waals surface area contributed by atoms with E-state index in [0.717, 1.165) is 0 Å². The minimum Gasteiger partial charge on any atom is -0.486 e. The second-order valence-electron chi connectivity index (χ2n) is 5.48. The third-order valence-electron chi connectivity index (χ3n) is 3.77. The van der Waals surface area contributed by atoms with Gasteiger partial charge in [-0.3, -0.25) is 14.9 Å². The van der Waals surface area contributed by atoms with Crippen molar-refractivity contribution < 1.29 is 19.2 Å². The number of hydrogen-bond acceptors (Lipinski definition) is 5. The Kier molecular flexibility index (Phi) is 4.33. The van der Waals surface area contributed by atoms with Crippen molar-refractivity contribution in [3.63, 3.8) is 0 Å². The molecule has 1 N–H and O–H groups in total. The van der Waals surface area contributed by atoms with Gasteiger partial charge in [-0.25, -0.2) is 0 Å². The van der Waals surface area contributed by atoms with Gasteiger partial charge in [-0.15, -0.1) is 0 Å². The highest BCUT2D eigenvalue weighted by Gasteiger charge is 2.27. The zero-order chi connectivity index (χ0) is 17.1. The lowest BCUT2D eigenvalue weighted by Crippen LogP contribution is -2.48. The second kappa shape index (κ2) is 6.57. The molecule has 0 aliphatic carbocycles. The van der Waals surface area contributed by atoms with Crippen LogP contribution in [0.25, 0.3) is 0 Å². The molecular formula is C17H16N2O5. The molecule has 0 bridgehead atoms. The number of nitrogens with zero attached hydrogens (tertiary/aromatic N) is 1. The highest BCUT2D eigenvalue weighted by atomic mass is 16.6. The standard InChI is InChI=1S/C17H16N2O5/c1-11(16-10-23-14-7-2-3-8-15(14)24-16)18-17(20)12-5-4-6-13(9-12)19(21)22/h2-9,11,16H,10H2,1H3,(H,18,20)/t11-,16+/m0/s1. The quantitative estimate of drug-likeness (QED) is 0.688. The summed E-state index contributed by atoms with van der Waals surface area (Å²) in [6, 6.07) is 12.6. The molecule has 7 heteroatoms. The molecule has 124 valence electrons. The number of non-ortho nitro benzene ring substituents is 1. The van der Waals surface area contributed by atoms with Gasteiger partial charge in [0.15, 0.2) is 17.6 Å². The molecule has 0 unspecified atom stereocenters. The minimum absolute atomic E-state index is 0.124. The normalized spacial score (nSPS) is 17.0. The van der Waals surface area contributed by atoms with Gasteiger partial charge < -0.3 is 14.8 Å². The molecule has 0 saturated heterocycles. The number of nitro groups is 1. The van der Waals surface area contributed by atoms with Gasteiger partial charge in [0, 0.05) is 17.7 Å². The zero-order valence-corrected chi connectivity index (χ0v) is 13.0. The van der Waals surface area contributed by atoms with Crippen molar-refractivity contribution in [2.45, 2.75) is 19.1 Å². The fourth-order valence-corrected chi connectivity index (χ4v) is 2.43. The molecule has 24 heavy (non-hydrogen) atoms. The topological polar surface area (TPSA) is 90.7 Å². The van der Waals surface area contributed by atoms with Crippen LogP contribution in [0, 0.1) is 10.1 Å². The van der Waals surface area contributed by atoms with Crippen LogP contribution in [-0.2, 0) is 0 Å². The van der Waals surface area contributed by atoms with Gasteiger partial charge in [0.25, 0.3) is 11.6 Å². The van der Waals surface area contributed by atoms with Crippen LogP contribution < -0.4 is 14.8 Å².